The summed E-state index contributed by atoms with van der Waals surface area (Å²) in [6.07, 6.45) is -4.77. The molecule has 1 aliphatic carbocycles. The molecule has 1 amide bonds. The Bertz CT molecular complexity index is 696. The monoisotopic (exact) mass is 512 g/mol. The van der Waals surface area contributed by atoms with Crippen LogP contribution < -0.4 is 22.5 Å². The standard InChI is InChI=1S/C21H38F2N4O8/c22-21(23,9-25)19(30)20(31)27-10-5-12(26)18(35-17-4-2-13(29)15(7-24)34-17)14(6-10)33-16-3-1-11(8-28)32-16/h10-19,28-30H,1-9,24-26H2,(H,27,31)/t10?,11?,12?,13-,14?,15?,16?,17+,18+,19?/m0/s1. The predicted octanol–water partition coefficient (Wildman–Crippen LogP) is -2.36. The van der Waals surface area contributed by atoms with Crippen LogP contribution in [0.5, 0.6) is 0 Å². The van der Waals surface area contributed by atoms with Crippen molar-refractivity contribution in [2.45, 2.75) is 106 Å². The van der Waals surface area contributed by atoms with E-state index in [0.717, 1.165) is 0 Å². The van der Waals surface area contributed by atoms with Gasteiger partial charge in [0.05, 0.1) is 37.6 Å². The minimum Gasteiger partial charge on any atom is -0.394 e. The molecule has 2 heterocycles. The van der Waals surface area contributed by atoms with Crippen molar-refractivity contribution >= 4 is 5.91 Å². The van der Waals surface area contributed by atoms with E-state index in [2.05, 4.69) is 5.32 Å². The number of aliphatic hydroxyl groups excluding tert-OH is 3. The first-order valence-corrected chi connectivity index (χ1v) is 12.0. The van der Waals surface area contributed by atoms with Crippen molar-refractivity contribution in [2.75, 3.05) is 19.7 Å². The van der Waals surface area contributed by atoms with Crippen LogP contribution in [-0.4, -0.2) is 108 Å². The molecule has 10 N–H and O–H groups in total. The largest absolute Gasteiger partial charge is 0.394 e. The van der Waals surface area contributed by atoms with Crippen molar-refractivity contribution in [1.82, 2.24) is 5.32 Å². The van der Waals surface area contributed by atoms with Crippen LogP contribution in [0.4, 0.5) is 8.78 Å². The number of alkyl halides is 2. The highest BCUT2D eigenvalue weighted by Crippen LogP contribution is 2.32. The van der Waals surface area contributed by atoms with Gasteiger partial charge in [0.15, 0.2) is 18.7 Å². The molecule has 10 atom stereocenters. The van der Waals surface area contributed by atoms with Gasteiger partial charge in [0.2, 0.25) is 0 Å². The van der Waals surface area contributed by atoms with Gasteiger partial charge < -0.3 is 56.8 Å². The van der Waals surface area contributed by atoms with Crippen molar-refractivity contribution in [3.05, 3.63) is 0 Å². The number of carbonyl (C=O) groups is 1. The minimum atomic E-state index is -3.78. The molecule has 3 aliphatic rings. The third-order valence-electron chi connectivity index (χ3n) is 6.72. The van der Waals surface area contributed by atoms with Gasteiger partial charge in [0, 0.05) is 31.5 Å². The first-order chi connectivity index (χ1) is 16.6. The number of ether oxygens (including phenoxy) is 4. The quantitative estimate of drug-likeness (QED) is 0.165. The highest BCUT2D eigenvalue weighted by atomic mass is 19.3. The molecule has 2 saturated heterocycles. The fourth-order valence-corrected chi connectivity index (χ4v) is 4.71. The summed E-state index contributed by atoms with van der Waals surface area (Å²) >= 11 is 0. The Labute approximate surface area is 202 Å². The molecule has 0 radical (unpaired) electrons. The third kappa shape index (κ3) is 7.25. The van der Waals surface area contributed by atoms with Gasteiger partial charge in [0.1, 0.15) is 6.10 Å². The minimum absolute atomic E-state index is 0.111. The molecule has 0 bridgehead atoms. The summed E-state index contributed by atoms with van der Waals surface area (Å²) < 4.78 is 51.0. The fourth-order valence-electron chi connectivity index (χ4n) is 4.71. The summed E-state index contributed by atoms with van der Waals surface area (Å²) in [5, 5.41) is 31.5. The van der Waals surface area contributed by atoms with Crippen LogP contribution in [0.25, 0.3) is 0 Å². The maximum Gasteiger partial charge on any atom is 0.294 e. The lowest BCUT2D eigenvalue weighted by molar-refractivity contribution is -0.273. The first-order valence-electron chi connectivity index (χ1n) is 12.0. The Kier molecular flexibility index (Phi) is 10.1. The zero-order chi connectivity index (χ0) is 25.8. The van der Waals surface area contributed by atoms with E-state index in [1.54, 1.807) is 0 Å². The van der Waals surface area contributed by atoms with Crippen LogP contribution in [0, 0.1) is 0 Å². The topological polar surface area (TPSA) is 205 Å². The van der Waals surface area contributed by atoms with Gasteiger partial charge in [-0.15, -0.1) is 0 Å². The van der Waals surface area contributed by atoms with E-state index in [4.69, 9.17) is 36.1 Å². The number of nitrogens with one attached hydrogen (secondary N) is 1. The van der Waals surface area contributed by atoms with Gasteiger partial charge in [-0.3, -0.25) is 4.79 Å². The van der Waals surface area contributed by atoms with Crippen molar-refractivity contribution in [3.8, 4) is 0 Å². The zero-order valence-corrected chi connectivity index (χ0v) is 19.5. The van der Waals surface area contributed by atoms with Crippen molar-refractivity contribution in [2.24, 2.45) is 17.2 Å². The van der Waals surface area contributed by atoms with E-state index in [1.165, 1.54) is 0 Å². The number of aliphatic hydroxyl groups is 3. The van der Waals surface area contributed by atoms with Crippen LogP contribution in [0.3, 0.4) is 0 Å². The molecule has 0 spiro atoms. The molecule has 204 valence electrons. The van der Waals surface area contributed by atoms with Gasteiger partial charge >= 0.3 is 0 Å². The second-order valence-electron chi connectivity index (χ2n) is 9.42. The van der Waals surface area contributed by atoms with Crippen molar-refractivity contribution in [1.29, 1.82) is 0 Å². The molecule has 3 rings (SSSR count). The van der Waals surface area contributed by atoms with Gasteiger partial charge in [-0.2, -0.15) is 0 Å². The number of halogens is 2. The van der Waals surface area contributed by atoms with Crippen LogP contribution >= 0.6 is 0 Å². The summed E-state index contributed by atoms with van der Waals surface area (Å²) in [6, 6.07) is -1.38. The van der Waals surface area contributed by atoms with Crippen molar-refractivity contribution in [3.63, 3.8) is 0 Å². The SMILES string of the molecule is NCC1O[C@H](O[C@@H]2C(N)CC(NC(=O)C(O)C(F)(F)CN)CC2OC2CCC(CO)O2)CC[C@@H]1O. The van der Waals surface area contributed by atoms with Crippen LogP contribution in [0.2, 0.25) is 0 Å². The number of nitrogens with two attached hydrogens (primary N) is 3. The molecule has 0 aromatic carbocycles. The number of carbonyl (C=O) groups excluding carboxylic acids is 1. The summed E-state index contributed by atoms with van der Waals surface area (Å²) in [5.74, 6) is -5.04. The van der Waals surface area contributed by atoms with Crippen LogP contribution in [0.1, 0.15) is 38.5 Å². The molecule has 14 heteroatoms. The Morgan fingerprint density at radius 1 is 1.11 bits per heavy atom. The van der Waals surface area contributed by atoms with E-state index in [9.17, 15) is 28.9 Å². The Hall–Kier alpha value is -1.07. The third-order valence-corrected chi connectivity index (χ3v) is 6.72. The van der Waals surface area contributed by atoms with Crippen molar-refractivity contribution < 1.29 is 47.8 Å². The number of hydrogen-bond donors (Lipinski definition) is 7. The van der Waals surface area contributed by atoms with Gasteiger partial charge in [-0.25, -0.2) is 8.78 Å². The number of amides is 1. The summed E-state index contributed by atoms with van der Waals surface area (Å²) in [5.41, 5.74) is 17.0. The molecule has 2 aliphatic heterocycles. The van der Waals surface area contributed by atoms with Gasteiger partial charge in [0.25, 0.3) is 11.8 Å². The molecule has 0 aromatic rings. The van der Waals surface area contributed by atoms with E-state index in [-0.39, 0.29) is 32.1 Å². The molecule has 35 heavy (non-hydrogen) atoms. The first kappa shape index (κ1) is 28.5. The molecule has 7 unspecified atom stereocenters. The number of rotatable bonds is 10. The maximum atomic E-state index is 13.7. The zero-order valence-electron chi connectivity index (χ0n) is 19.5. The lowest BCUT2D eigenvalue weighted by Crippen LogP contribution is -2.60. The van der Waals surface area contributed by atoms with Crippen LogP contribution in [-0.2, 0) is 23.7 Å². The molecule has 0 aromatic heterocycles. The fraction of sp³-hybridized carbons (Fsp3) is 0.952. The molecular weight excluding hydrogens is 474 g/mol. The van der Waals surface area contributed by atoms with E-state index in [1.807, 2.05) is 0 Å². The molecule has 12 nitrogen and oxygen atoms in total. The van der Waals surface area contributed by atoms with E-state index >= 15 is 0 Å². The van der Waals surface area contributed by atoms with E-state index in [0.29, 0.717) is 25.7 Å². The average Bonchev–Trinajstić information content (AvgIpc) is 3.29. The lowest BCUT2D eigenvalue weighted by atomic mass is 9.86. The second kappa shape index (κ2) is 12.4. The maximum absolute atomic E-state index is 13.7. The lowest BCUT2D eigenvalue weighted by Gasteiger charge is -2.43. The summed E-state index contributed by atoms with van der Waals surface area (Å²) in [4.78, 5) is 12.2. The van der Waals surface area contributed by atoms with E-state index < -0.39 is 73.6 Å². The Morgan fingerprint density at radius 3 is 2.43 bits per heavy atom. The summed E-state index contributed by atoms with van der Waals surface area (Å²) in [7, 11) is 0. The smallest absolute Gasteiger partial charge is 0.294 e. The Balaban J connectivity index is 1.68. The van der Waals surface area contributed by atoms with Crippen LogP contribution in [0.15, 0.2) is 0 Å². The Morgan fingerprint density at radius 2 is 1.80 bits per heavy atom. The molecule has 1 saturated carbocycles. The average molecular weight is 513 g/mol. The second-order valence-corrected chi connectivity index (χ2v) is 9.42. The highest BCUT2D eigenvalue weighted by molar-refractivity contribution is 5.82. The van der Waals surface area contributed by atoms with Gasteiger partial charge in [-0.1, -0.05) is 0 Å². The normalized spacial score (nSPS) is 39.4. The summed E-state index contributed by atoms with van der Waals surface area (Å²) in [6.45, 7) is -1.23. The number of hydrogen-bond acceptors (Lipinski definition) is 11. The van der Waals surface area contributed by atoms with Gasteiger partial charge in [-0.05, 0) is 25.7 Å². The molecule has 3 fully saturated rings. The highest BCUT2D eigenvalue weighted by Gasteiger charge is 2.46. The molecular formula is C21H38F2N4O8. The predicted molar refractivity (Wildman–Crippen MR) is 117 cm³/mol.